The van der Waals surface area contributed by atoms with E-state index in [-0.39, 0.29) is 5.75 Å². The van der Waals surface area contributed by atoms with E-state index >= 15 is 0 Å². The van der Waals surface area contributed by atoms with E-state index in [4.69, 9.17) is 10.00 Å². The number of phenols is 1. The van der Waals surface area contributed by atoms with Crippen LogP contribution in [0.5, 0.6) is 11.5 Å². The fourth-order valence-electron chi connectivity index (χ4n) is 1.94. The van der Waals surface area contributed by atoms with Crippen molar-refractivity contribution in [3.05, 3.63) is 59.7 Å². The van der Waals surface area contributed by atoms with Crippen LogP contribution >= 0.6 is 0 Å². The first-order chi connectivity index (χ1) is 11.2. The predicted octanol–water partition coefficient (Wildman–Crippen LogP) is 2.16. The number of rotatable bonds is 5. The van der Waals surface area contributed by atoms with Gasteiger partial charge in [0.25, 0.3) is 5.91 Å². The molecule has 0 radical (unpaired) electrons. The number of amides is 1. The molecule has 0 fully saturated rings. The van der Waals surface area contributed by atoms with E-state index in [9.17, 15) is 9.90 Å². The van der Waals surface area contributed by atoms with Crippen LogP contribution in [0.25, 0.3) is 0 Å². The smallest absolute Gasteiger partial charge is 0.261 e. The minimum Gasteiger partial charge on any atom is -0.504 e. The van der Waals surface area contributed by atoms with Gasteiger partial charge in [-0.2, -0.15) is 10.4 Å². The van der Waals surface area contributed by atoms with Crippen molar-refractivity contribution in [2.45, 2.75) is 5.92 Å². The maximum atomic E-state index is 12.0. The van der Waals surface area contributed by atoms with Crippen molar-refractivity contribution in [1.29, 1.82) is 5.26 Å². The van der Waals surface area contributed by atoms with Crippen molar-refractivity contribution in [2.24, 2.45) is 5.10 Å². The van der Waals surface area contributed by atoms with Gasteiger partial charge in [-0.1, -0.05) is 30.3 Å². The number of benzene rings is 2. The molecule has 1 atom stereocenters. The number of nitriles is 1. The molecular formula is C17H15N3O3. The van der Waals surface area contributed by atoms with Gasteiger partial charge in [0.2, 0.25) is 0 Å². The normalized spacial score (nSPS) is 11.7. The van der Waals surface area contributed by atoms with Crippen LogP contribution in [-0.4, -0.2) is 24.3 Å². The minimum atomic E-state index is -0.928. The highest BCUT2D eigenvalue weighted by Gasteiger charge is 2.19. The zero-order chi connectivity index (χ0) is 16.7. The Morgan fingerprint density at radius 1 is 1.35 bits per heavy atom. The van der Waals surface area contributed by atoms with Gasteiger partial charge in [-0.05, 0) is 29.3 Å². The summed E-state index contributed by atoms with van der Waals surface area (Å²) >= 11 is 0. The van der Waals surface area contributed by atoms with Crippen LogP contribution in [0, 0.1) is 11.3 Å². The number of hydrazone groups is 1. The van der Waals surface area contributed by atoms with Crippen LogP contribution in [0.15, 0.2) is 53.6 Å². The van der Waals surface area contributed by atoms with Crippen molar-refractivity contribution in [1.82, 2.24) is 5.43 Å². The van der Waals surface area contributed by atoms with E-state index in [0.717, 1.165) is 0 Å². The summed E-state index contributed by atoms with van der Waals surface area (Å²) in [6.45, 7) is 0. The molecule has 116 valence electrons. The summed E-state index contributed by atoms with van der Waals surface area (Å²) in [5.74, 6) is -1.12. The quantitative estimate of drug-likeness (QED) is 0.653. The van der Waals surface area contributed by atoms with Gasteiger partial charge in [-0.3, -0.25) is 4.79 Å². The average Bonchev–Trinajstić information content (AvgIpc) is 2.58. The van der Waals surface area contributed by atoms with Crippen molar-refractivity contribution in [3.8, 4) is 17.6 Å². The van der Waals surface area contributed by atoms with Crippen LogP contribution < -0.4 is 10.2 Å². The van der Waals surface area contributed by atoms with Gasteiger partial charge in [-0.25, -0.2) is 5.43 Å². The summed E-state index contributed by atoms with van der Waals surface area (Å²) in [6, 6.07) is 15.4. The summed E-state index contributed by atoms with van der Waals surface area (Å²) in [6.07, 6.45) is 1.40. The van der Waals surface area contributed by atoms with Crippen molar-refractivity contribution >= 4 is 12.1 Å². The Morgan fingerprint density at radius 3 is 2.74 bits per heavy atom. The fourth-order valence-corrected chi connectivity index (χ4v) is 1.94. The number of ether oxygens (including phenoxy) is 1. The average molecular weight is 309 g/mol. The molecule has 6 nitrogen and oxygen atoms in total. The molecule has 23 heavy (non-hydrogen) atoms. The molecule has 0 saturated carbocycles. The summed E-state index contributed by atoms with van der Waals surface area (Å²) in [5, 5.41) is 22.5. The third-order valence-corrected chi connectivity index (χ3v) is 3.12. The number of carbonyl (C=O) groups is 1. The lowest BCUT2D eigenvalue weighted by molar-refractivity contribution is -0.121. The maximum absolute atomic E-state index is 12.0. The number of hydrogen-bond acceptors (Lipinski definition) is 5. The summed E-state index contributed by atoms with van der Waals surface area (Å²) in [5.41, 5.74) is 3.58. The second-order valence-corrected chi connectivity index (χ2v) is 4.64. The van der Waals surface area contributed by atoms with Gasteiger partial charge in [0.15, 0.2) is 17.4 Å². The Labute approximate surface area is 133 Å². The van der Waals surface area contributed by atoms with E-state index < -0.39 is 11.8 Å². The maximum Gasteiger partial charge on any atom is 0.261 e. The van der Waals surface area contributed by atoms with Crippen molar-refractivity contribution in [2.75, 3.05) is 7.11 Å². The molecule has 0 unspecified atom stereocenters. The summed E-state index contributed by atoms with van der Waals surface area (Å²) in [4.78, 5) is 12.0. The zero-order valence-corrected chi connectivity index (χ0v) is 12.4. The first-order valence-electron chi connectivity index (χ1n) is 6.80. The number of nitrogens with zero attached hydrogens (tertiary/aromatic N) is 2. The van der Waals surface area contributed by atoms with E-state index in [2.05, 4.69) is 10.5 Å². The molecular weight excluding hydrogens is 294 g/mol. The van der Waals surface area contributed by atoms with Gasteiger partial charge in [0.1, 0.15) is 0 Å². The number of nitrogens with one attached hydrogen (secondary N) is 1. The lowest BCUT2D eigenvalue weighted by Gasteiger charge is -2.07. The van der Waals surface area contributed by atoms with Crippen LogP contribution in [0.3, 0.4) is 0 Å². The van der Waals surface area contributed by atoms with Gasteiger partial charge in [0.05, 0.1) is 19.4 Å². The molecule has 0 saturated heterocycles. The molecule has 1 amide bonds. The van der Waals surface area contributed by atoms with Gasteiger partial charge in [-0.15, -0.1) is 0 Å². The molecule has 0 aliphatic heterocycles. The highest BCUT2D eigenvalue weighted by Crippen LogP contribution is 2.25. The Kier molecular flexibility index (Phi) is 5.31. The Hall–Kier alpha value is -3.33. The standard InChI is InChI=1S/C17H15N3O3/c1-23-16-9-12(7-8-15(16)21)11-19-20-17(22)14(10-18)13-5-3-2-4-6-13/h2-9,11,14,21H,1H3,(H,20,22)/b19-11-/t14-/m1/s1. The van der Waals surface area contributed by atoms with Crippen molar-refractivity contribution in [3.63, 3.8) is 0 Å². The number of hydrogen-bond donors (Lipinski definition) is 2. The summed E-state index contributed by atoms with van der Waals surface area (Å²) < 4.78 is 4.98. The highest BCUT2D eigenvalue weighted by atomic mass is 16.5. The lowest BCUT2D eigenvalue weighted by Crippen LogP contribution is -2.24. The first kappa shape index (κ1) is 16.0. The third kappa shape index (κ3) is 4.08. The minimum absolute atomic E-state index is 0.0160. The van der Waals surface area contributed by atoms with E-state index in [1.54, 1.807) is 36.4 Å². The number of phenolic OH excluding ortho intramolecular Hbond substituents is 1. The largest absolute Gasteiger partial charge is 0.504 e. The van der Waals surface area contributed by atoms with Gasteiger partial charge < -0.3 is 9.84 Å². The molecule has 2 rings (SSSR count). The number of methoxy groups -OCH3 is 1. The first-order valence-corrected chi connectivity index (χ1v) is 6.80. The number of aromatic hydroxyl groups is 1. The van der Waals surface area contributed by atoms with Crippen LogP contribution in [0.1, 0.15) is 17.0 Å². The second-order valence-electron chi connectivity index (χ2n) is 4.64. The molecule has 0 heterocycles. The molecule has 0 spiro atoms. The molecule has 2 aromatic rings. The second kappa shape index (κ2) is 7.61. The van der Waals surface area contributed by atoms with E-state index in [0.29, 0.717) is 16.9 Å². The Morgan fingerprint density at radius 2 is 2.09 bits per heavy atom. The SMILES string of the molecule is COc1cc(/C=N\NC(=O)[C@H](C#N)c2ccccc2)ccc1O. The predicted molar refractivity (Wildman–Crippen MR) is 85.2 cm³/mol. The van der Waals surface area contributed by atoms with Gasteiger partial charge >= 0.3 is 0 Å². The fraction of sp³-hybridized carbons (Fsp3) is 0.118. The van der Waals surface area contributed by atoms with Crippen LogP contribution in [0.2, 0.25) is 0 Å². The highest BCUT2D eigenvalue weighted by molar-refractivity contribution is 5.88. The Balaban J connectivity index is 2.05. The zero-order valence-electron chi connectivity index (χ0n) is 12.4. The lowest BCUT2D eigenvalue weighted by atomic mass is 10.0. The number of carbonyl (C=O) groups excluding carboxylic acids is 1. The Bertz CT molecular complexity index is 751. The van der Waals surface area contributed by atoms with Crippen LogP contribution in [0.4, 0.5) is 0 Å². The van der Waals surface area contributed by atoms with Gasteiger partial charge in [0, 0.05) is 0 Å². The topological polar surface area (TPSA) is 94.7 Å². The monoisotopic (exact) mass is 309 g/mol. The molecule has 0 bridgehead atoms. The van der Waals surface area contributed by atoms with Crippen LogP contribution in [-0.2, 0) is 4.79 Å². The molecule has 0 aromatic heterocycles. The third-order valence-electron chi connectivity index (χ3n) is 3.12. The molecule has 6 heteroatoms. The molecule has 0 aliphatic carbocycles. The molecule has 2 N–H and O–H groups in total. The summed E-state index contributed by atoms with van der Waals surface area (Å²) in [7, 11) is 1.44. The van der Waals surface area contributed by atoms with Crippen molar-refractivity contribution < 1.29 is 14.6 Å². The van der Waals surface area contributed by atoms with E-state index in [1.165, 1.54) is 19.4 Å². The molecule has 0 aliphatic rings. The van der Waals surface area contributed by atoms with E-state index in [1.807, 2.05) is 12.1 Å². The molecule has 2 aromatic carbocycles.